The van der Waals surface area contributed by atoms with Crippen LogP contribution in [0, 0.1) is 0 Å². The number of aliphatic carboxylic acids is 1. The Kier molecular flexibility index (Phi) is 6.97. The lowest BCUT2D eigenvalue weighted by molar-refractivity contribution is -0.131. The molecule has 2 amide bonds. The zero-order chi connectivity index (χ0) is 15.7. The van der Waals surface area contributed by atoms with Gasteiger partial charge in [-0.15, -0.1) is 0 Å². The van der Waals surface area contributed by atoms with Gasteiger partial charge in [-0.2, -0.15) is 0 Å². The summed E-state index contributed by atoms with van der Waals surface area (Å²) in [6, 6.07) is 6.56. The van der Waals surface area contributed by atoms with Crippen LogP contribution in [0.5, 0.6) is 0 Å². The normalized spacial score (nSPS) is 10.8. The van der Waals surface area contributed by atoms with Crippen molar-refractivity contribution in [1.29, 1.82) is 0 Å². The Hall–Kier alpha value is -2.34. The Labute approximate surface area is 123 Å². The number of rotatable bonds is 7. The molecule has 0 bridgehead atoms. The SMILES string of the molecule is CC(C)OCCNC(=O)Nc1cccc(/C=C/C(=O)O)c1. The molecule has 0 atom stereocenters. The first-order valence-electron chi connectivity index (χ1n) is 6.65. The summed E-state index contributed by atoms with van der Waals surface area (Å²) in [4.78, 5) is 22.1. The average Bonchev–Trinajstić information content (AvgIpc) is 2.41. The van der Waals surface area contributed by atoms with Crippen molar-refractivity contribution in [3.05, 3.63) is 35.9 Å². The van der Waals surface area contributed by atoms with E-state index in [0.717, 1.165) is 6.08 Å². The van der Waals surface area contributed by atoms with Gasteiger partial charge in [-0.25, -0.2) is 9.59 Å². The van der Waals surface area contributed by atoms with E-state index in [1.807, 2.05) is 13.8 Å². The van der Waals surface area contributed by atoms with Crippen molar-refractivity contribution in [2.75, 3.05) is 18.5 Å². The molecule has 0 saturated heterocycles. The third-order valence-corrected chi connectivity index (χ3v) is 2.40. The minimum Gasteiger partial charge on any atom is -0.478 e. The minimum absolute atomic E-state index is 0.132. The first kappa shape index (κ1) is 16.7. The molecule has 0 spiro atoms. The molecule has 1 rings (SSSR count). The molecule has 0 aliphatic carbocycles. The second-order valence-electron chi connectivity index (χ2n) is 4.60. The predicted molar refractivity (Wildman–Crippen MR) is 81.2 cm³/mol. The number of anilines is 1. The minimum atomic E-state index is -1.02. The Balaban J connectivity index is 2.45. The van der Waals surface area contributed by atoms with E-state index in [-0.39, 0.29) is 12.1 Å². The molecule has 0 fully saturated rings. The van der Waals surface area contributed by atoms with Gasteiger partial charge in [-0.3, -0.25) is 0 Å². The molecule has 0 heterocycles. The summed E-state index contributed by atoms with van der Waals surface area (Å²) in [5.74, 6) is -1.02. The molecule has 0 aromatic heterocycles. The maximum Gasteiger partial charge on any atom is 0.328 e. The lowest BCUT2D eigenvalue weighted by atomic mass is 10.2. The summed E-state index contributed by atoms with van der Waals surface area (Å²) in [7, 11) is 0. The summed E-state index contributed by atoms with van der Waals surface area (Å²) >= 11 is 0. The van der Waals surface area contributed by atoms with E-state index < -0.39 is 5.97 Å². The predicted octanol–water partition coefficient (Wildman–Crippen LogP) is 2.33. The molecule has 21 heavy (non-hydrogen) atoms. The highest BCUT2D eigenvalue weighted by Crippen LogP contribution is 2.11. The largest absolute Gasteiger partial charge is 0.478 e. The molecule has 6 nitrogen and oxygen atoms in total. The Bertz CT molecular complexity index is 512. The first-order valence-corrected chi connectivity index (χ1v) is 6.65. The molecule has 114 valence electrons. The second-order valence-corrected chi connectivity index (χ2v) is 4.60. The van der Waals surface area contributed by atoms with Gasteiger partial charge < -0.3 is 20.5 Å². The fourth-order valence-corrected chi connectivity index (χ4v) is 1.52. The molecule has 0 radical (unpaired) electrons. The molecule has 0 aliphatic heterocycles. The molecule has 0 saturated carbocycles. The van der Waals surface area contributed by atoms with E-state index in [2.05, 4.69) is 10.6 Å². The topological polar surface area (TPSA) is 87.7 Å². The number of carboxylic acid groups (broad SMARTS) is 1. The van der Waals surface area contributed by atoms with Crippen LogP contribution in [0.25, 0.3) is 6.08 Å². The molecular weight excluding hydrogens is 272 g/mol. The van der Waals surface area contributed by atoms with Gasteiger partial charge in [0.25, 0.3) is 0 Å². The van der Waals surface area contributed by atoms with Crippen LogP contribution >= 0.6 is 0 Å². The van der Waals surface area contributed by atoms with Crippen molar-refractivity contribution in [1.82, 2.24) is 5.32 Å². The van der Waals surface area contributed by atoms with Gasteiger partial charge >= 0.3 is 12.0 Å². The summed E-state index contributed by atoms with van der Waals surface area (Å²) in [6.45, 7) is 4.72. The van der Waals surface area contributed by atoms with E-state index in [0.29, 0.717) is 24.4 Å². The highest BCUT2D eigenvalue weighted by molar-refractivity contribution is 5.90. The number of hydrogen-bond donors (Lipinski definition) is 3. The van der Waals surface area contributed by atoms with Crippen LogP contribution in [-0.2, 0) is 9.53 Å². The Morgan fingerprint density at radius 3 is 2.81 bits per heavy atom. The molecule has 0 unspecified atom stereocenters. The molecule has 6 heteroatoms. The molecule has 1 aromatic rings. The van der Waals surface area contributed by atoms with Crippen molar-refractivity contribution in [3.8, 4) is 0 Å². The molecule has 1 aromatic carbocycles. The van der Waals surface area contributed by atoms with E-state index >= 15 is 0 Å². The highest BCUT2D eigenvalue weighted by Gasteiger charge is 2.02. The average molecular weight is 292 g/mol. The monoisotopic (exact) mass is 292 g/mol. The summed E-state index contributed by atoms with van der Waals surface area (Å²) in [5, 5.41) is 13.9. The van der Waals surface area contributed by atoms with Gasteiger partial charge in [0.15, 0.2) is 0 Å². The van der Waals surface area contributed by atoms with Crippen LogP contribution in [0.4, 0.5) is 10.5 Å². The van der Waals surface area contributed by atoms with Crippen molar-refractivity contribution in [2.45, 2.75) is 20.0 Å². The number of carboxylic acids is 1. The summed E-state index contributed by atoms with van der Waals surface area (Å²) < 4.78 is 5.31. The van der Waals surface area contributed by atoms with E-state index in [9.17, 15) is 9.59 Å². The fraction of sp³-hybridized carbons (Fsp3) is 0.333. The lowest BCUT2D eigenvalue weighted by Crippen LogP contribution is -2.32. The Morgan fingerprint density at radius 1 is 1.38 bits per heavy atom. The summed E-state index contributed by atoms with van der Waals surface area (Å²) in [5.41, 5.74) is 1.28. The Morgan fingerprint density at radius 2 is 2.14 bits per heavy atom. The fourth-order valence-electron chi connectivity index (χ4n) is 1.52. The van der Waals surface area contributed by atoms with Crippen LogP contribution in [0.15, 0.2) is 30.3 Å². The van der Waals surface area contributed by atoms with Gasteiger partial charge in [0, 0.05) is 18.3 Å². The smallest absolute Gasteiger partial charge is 0.328 e. The number of carbonyl (C=O) groups excluding carboxylic acids is 1. The van der Waals surface area contributed by atoms with Gasteiger partial charge in [-0.1, -0.05) is 12.1 Å². The summed E-state index contributed by atoms with van der Waals surface area (Å²) in [6.07, 6.45) is 2.64. The van der Waals surface area contributed by atoms with Crippen LogP contribution < -0.4 is 10.6 Å². The lowest BCUT2D eigenvalue weighted by Gasteiger charge is -2.10. The zero-order valence-electron chi connectivity index (χ0n) is 12.1. The molecule has 0 aliphatic rings. The third-order valence-electron chi connectivity index (χ3n) is 2.40. The third kappa shape index (κ3) is 7.74. The van der Waals surface area contributed by atoms with E-state index in [1.165, 1.54) is 6.08 Å². The number of benzene rings is 1. The number of urea groups is 1. The van der Waals surface area contributed by atoms with Gasteiger partial charge in [0.1, 0.15) is 0 Å². The quantitative estimate of drug-likeness (QED) is 0.531. The van der Waals surface area contributed by atoms with Crippen molar-refractivity contribution >= 4 is 23.8 Å². The van der Waals surface area contributed by atoms with Crippen LogP contribution in [0.2, 0.25) is 0 Å². The van der Waals surface area contributed by atoms with Crippen LogP contribution in [0.1, 0.15) is 19.4 Å². The number of ether oxygens (including phenoxy) is 1. The van der Waals surface area contributed by atoms with E-state index in [1.54, 1.807) is 24.3 Å². The van der Waals surface area contributed by atoms with Crippen LogP contribution in [-0.4, -0.2) is 36.4 Å². The van der Waals surface area contributed by atoms with Crippen LogP contribution in [0.3, 0.4) is 0 Å². The number of carbonyl (C=O) groups is 2. The molecule has 3 N–H and O–H groups in total. The van der Waals surface area contributed by atoms with Crippen molar-refractivity contribution < 1.29 is 19.4 Å². The maximum atomic E-state index is 11.6. The van der Waals surface area contributed by atoms with E-state index in [4.69, 9.17) is 9.84 Å². The number of amides is 2. The number of hydrogen-bond acceptors (Lipinski definition) is 3. The van der Waals surface area contributed by atoms with Gasteiger partial charge in [0.2, 0.25) is 0 Å². The number of nitrogens with one attached hydrogen (secondary N) is 2. The van der Waals surface area contributed by atoms with Gasteiger partial charge in [0.05, 0.1) is 12.7 Å². The zero-order valence-corrected chi connectivity index (χ0v) is 12.1. The highest BCUT2D eigenvalue weighted by atomic mass is 16.5. The first-order chi connectivity index (χ1) is 9.97. The maximum absolute atomic E-state index is 11.6. The molecular formula is C15H20N2O4. The standard InChI is InChI=1S/C15H20N2O4/c1-11(2)21-9-8-16-15(20)17-13-5-3-4-12(10-13)6-7-14(18)19/h3-7,10-11H,8-9H2,1-2H3,(H,18,19)(H2,16,17,20)/b7-6+. The van der Waals surface area contributed by atoms with Crippen molar-refractivity contribution in [2.24, 2.45) is 0 Å². The van der Waals surface area contributed by atoms with Gasteiger partial charge in [-0.05, 0) is 37.6 Å². The second kappa shape index (κ2) is 8.76. The van der Waals surface area contributed by atoms with Crippen molar-refractivity contribution in [3.63, 3.8) is 0 Å².